The molecule has 2 rings (SSSR count). The molecule has 0 aliphatic rings. The normalized spacial score (nSPS) is 12.8. The molecule has 0 saturated carbocycles. The summed E-state index contributed by atoms with van der Waals surface area (Å²) in [5.41, 5.74) is 3.98. The lowest BCUT2D eigenvalue weighted by molar-refractivity contribution is 0.284. The number of rotatable bonds is 7. The maximum Gasteiger partial charge on any atom is 0.0534 e. The van der Waals surface area contributed by atoms with E-state index in [1.807, 2.05) is 17.9 Å². The predicted molar refractivity (Wildman–Crippen MR) is 87.1 cm³/mol. The average molecular weight is 286 g/mol. The topological polar surface area (TPSA) is 33.1 Å². The van der Waals surface area contributed by atoms with Gasteiger partial charge < -0.3 is 10.2 Å². The highest BCUT2D eigenvalue weighted by atomic mass is 15.2. The zero-order chi connectivity index (χ0) is 15.2. The summed E-state index contributed by atoms with van der Waals surface area (Å²) in [6.45, 7) is 7.21. The first-order valence-corrected chi connectivity index (χ1v) is 7.55. The molecule has 21 heavy (non-hydrogen) atoms. The molecular formula is C17H26N4. The fraction of sp³-hybridized carbons (Fsp3) is 0.471. The average Bonchev–Trinajstić information content (AvgIpc) is 2.84. The van der Waals surface area contributed by atoms with Crippen LogP contribution in [0.3, 0.4) is 0 Å². The third-order valence-corrected chi connectivity index (χ3v) is 3.72. The summed E-state index contributed by atoms with van der Waals surface area (Å²) in [6, 6.07) is 8.98. The Balaban J connectivity index is 2.04. The van der Waals surface area contributed by atoms with Crippen LogP contribution in [-0.4, -0.2) is 34.8 Å². The molecule has 0 aliphatic heterocycles. The molecule has 114 valence electrons. The van der Waals surface area contributed by atoms with E-state index < -0.39 is 0 Å². The summed E-state index contributed by atoms with van der Waals surface area (Å²) >= 11 is 0. The lowest BCUT2D eigenvalue weighted by Gasteiger charge is -2.26. The summed E-state index contributed by atoms with van der Waals surface area (Å²) in [5.74, 6) is 0. The largest absolute Gasteiger partial charge is 0.309 e. The molecule has 1 unspecified atom stereocenters. The third kappa shape index (κ3) is 4.41. The fourth-order valence-corrected chi connectivity index (χ4v) is 2.74. The van der Waals surface area contributed by atoms with E-state index in [4.69, 9.17) is 0 Å². The van der Waals surface area contributed by atoms with Gasteiger partial charge in [0.2, 0.25) is 0 Å². The molecule has 1 atom stereocenters. The monoisotopic (exact) mass is 286 g/mol. The van der Waals surface area contributed by atoms with E-state index in [0.29, 0.717) is 6.04 Å². The maximum absolute atomic E-state index is 4.23. The first kappa shape index (κ1) is 15.7. The van der Waals surface area contributed by atoms with Crippen molar-refractivity contribution in [1.29, 1.82) is 0 Å². The van der Waals surface area contributed by atoms with Crippen molar-refractivity contribution in [3.63, 3.8) is 0 Å². The Kier molecular flexibility index (Phi) is 5.53. The number of likely N-dealkylation sites (N-methyl/N-ethyl adjacent to an activating group) is 2. The van der Waals surface area contributed by atoms with Crippen LogP contribution in [-0.2, 0) is 13.6 Å². The first-order chi connectivity index (χ1) is 10.1. The molecule has 1 aromatic carbocycles. The Hall–Kier alpha value is -1.65. The number of aromatic nitrogens is 2. The van der Waals surface area contributed by atoms with Gasteiger partial charge in [0.25, 0.3) is 0 Å². The van der Waals surface area contributed by atoms with Crippen LogP contribution in [0.4, 0.5) is 0 Å². The minimum atomic E-state index is 0.359. The molecule has 0 bridgehead atoms. The molecule has 1 heterocycles. The van der Waals surface area contributed by atoms with Crippen LogP contribution in [0.15, 0.2) is 36.7 Å². The van der Waals surface area contributed by atoms with Crippen molar-refractivity contribution < 1.29 is 0 Å². The SMILES string of the molecule is CCNC(CN(C)Cc1cnn(C)c1)c1ccccc1C. The zero-order valence-corrected chi connectivity index (χ0v) is 13.5. The summed E-state index contributed by atoms with van der Waals surface area (Å²) in [7, 11) is 4.12. The summed E-state index contributed by atoms with van der Waals surface area (Å²) in [6.07, 6.45) is 4.01. The second-order valence-corrected chi connectivity index (χ2v) is 5.69. The van der Waals surface area contributed by atoms with E-state index >= 15 is 0 Å². The van der Waals surface area contributed by atoms with Crippen LogP contribution in [0.1, 0.15) is 29.7 Å². The predicted octanol–water partition coefficient (Wildman–Crippen LogP) is 2.51. The van der Waals surface area contributed by atoms with Crippen molar-refractivity contribution in [2.24, 2.45) is 7.05 Å². The van der Waals surface area contributed by atoms with Crippen molar-refractivity contribution in [1.82, 2.24) is 20.0 Å². The lowest BCUT2D eigenvalue weighted by Crippen LogP contribution is -2.33. The fourth-order valence-electron chi connectivity index (χ4n) is 2.74. The molecule has 0 spiro atoms. The summed E-state index contributed by atoms with van der Waals surface area (Å²) in [5, 5.41) is 7.83. The van der Waals surface area contributed by atoms with Crippen LogP contribution in [0.25, 0.3) is 0 Å². The van der Waals surface area contributed by atoms with E-state index in [1.165, 1.54) is 16.7 Å². The molecular weight excluding hydrogens is 260 g/mol. The lowest BCUT2D eigenvalue weighted by atomic mass is 10.0. The van der Waals surface area contributed by atoms with Gasteiger partial charge in [-0.3, -0.25) is 4.68 Å². The van der Waals surface area contributed by atoms with Crippen LogP contribution < -0.4 is 5.32 Å². The minimum absolute atomic E-state index is 0.359. The van der Waals surface area contributed by atoms with Gasteiger partial charge in [-0.15, -0.1) is 0 Å². The van der Waals surface area contributed by atoms with Gasteiger partial charge >= 0.3 is 0 Å². The Morgan fingerprint density at radius 3 is 2.71 bits per heavy atom. The number of nitrogens with zero attached hydrogens (tertiary/aromatic N) is 3. The second kappa shape index (κ2) is 7.38. The summed E-state index contributed by atoms with van der Waals surface area (Å²) in [4.78, 5) is 2.34. The van der Waals surface area contributed by atoms with E-state index in [1.54, 1.807) is 0 Å². The van der Waals surface area contributed by atoms with E-state index in [9.17, 15) is 0 Å². The Bertz CT molecular complexity index is 561. The number of nitrogens with one attached hydrogen (secondary N) is 1. The number of aryl methyl sites for hydroxylation is 2. The van der Waals surface area contributed by atoms with Crippen molar-refractivity contribution in [2.75, 3.05) is 20.1 Å². The Morgan fingerprint density at radius 2 is 2.10 bits per heavy atom. The van der Waals surface area contributed by atoms with Gasteiger partial charge in [0.1, 0.15) is 0 Å². The zero-order valence-electron chi connectivity index (χ0n) is 13.5. The van der Waals surface area contributed by atoms with Gasteiger partial charge in [0.15, 0.2) is 0 Å². The van der Waals surface area contributed by atoms with Gasteiger partial charge in [0.05, 0.1) is 6.20 Å². The van der Waals surface area contributed by atoms with Gasteiger partial charge in [-0.1, -0.05) is 31.2 Å². The molecule has 4 nitrogen and oxygen atoms in total. The minimum Gasteiger partial charge on any atom is -0.309 e. The molecule has 0 saturated heterocycles. The highest BCUT2D eigenvalue weighted by molar-refractivity contribution is 5.29. The first-order valence-electron chi connectivity index (χ1n) is 7.55. The molecule has 0 fully saturated rings. The van der Waals surface area contributed by atoms with Crippen molar-refractivity contribution in [2.45, 2.75) is 26.4 Å². The van der Waals surface area contributed by atoms with Crippen molar-refractivity contribution >= 4 is 0 Å². The molecule has 2 aromatic rings. The van der Waals surface area contributed by atoms with Crippen LogP contribution in [0.5, 0.6) is 0 Å². The molecule has 1 N–H and O–H groups in total. The van der Waals surface area contributed by atoms with Crippen molar-refractivity contribution in [3.8, 4) is 0 Å². The third-order valence-electron chi connectivity index (χ3n) is 3.72. The smallest absolute Gasteiger partial charge is 0.0534 e. The Labute approximate surface area is 127 Å². The highest BCUT2D eigenvalue weighted by Gasteiger charge is 2.15. The molecule has 4 heteroatoms. The number of benzene rings is 1. The van der Waals surface area contributed by atoms with Gasteiger partial charge in [-0.05, 0) is 31.6 Å². The van der Waals surface area contributed by atoms with E-state index in [-0.39, 0.29) is 0 Å². The number of hydrogen-bond donors (Lipinski definition) is 1. The van der Waals surface area contributed by atoms with Crippen LogP contribution in [0.2, 0.25) is 0 Å². The molecule has 0 aliphatic carbocycles. The summed E-state index contributed by atoms with van der Waals surface area (Å²) < 4.78 is 1.85. The van der Waals surface area contributed by atoms with Crippen LogP contribution >= 0.6 is 0 Å². The van der Waals surface area contributed by atoms with Crippen molar-refractivity contribution in [3.05, 3.63) is 53.3 Å². The standard InChI is InChI=1S/C17H26N4/c1-5-18-17(16-9-7-6-8-14(16)2)13-20(3)11-15-10-19-21(4)12-15/h6-10,12,17-18H,5,11,13H2,1-4H3. The number of hydrogen-bond acceptors (Lipinski definition) is 3. The van der Waals surface area contributed by atoms with E-state index in [2.05, 4.69) is 66.7 Å². The Morgan fingerprint density at radius 1 is 1.33 bits per heavy atom. The van der Waals surface area contributed by atoms with Gasteiger partial charge in [-0.25, -0.2) is 0 Å². The van der Waals surface area contributed by atoms with Gasteiger partial charge in [-0.2, -0.15) is 5.10 Å². The maximum atomic E-state index is 4.23. The highest BCUT2D eigenvalue weighted by Crippen LogP contribution is 2.19. The molecule has 0 radical (unpaired) electrons. The van der Waals surface area contributed by atoms with E-state index in [0.717, 1.165) is 19.6 Å². The second-order valence-electron chi connectivity index (χ2n) is 5.69. The molecule has 1 aromatic heterocycles. The molecule has 0 amide bonds. The van der Waals surface area contributed by atoms with Crippen LogP contribution in [0, 0.1) is 6.92 Å². The quantitative estimate of drug-likeness (QED) is 0.849. The van der Waals surface area contributed by atoms with Gasteiger partial charge in [0, 0.05) is 37.9 Å².